The molecule has 1 heterocycles. The number of hydrogen-bond donors (Lipinski definition) is 2. The van der Waals surface area contributed by atoms with Crippen LogP contribution in [0.2, 0.25) is 0 Å². The quantitative estimate of drug-likeness (QED) is 0.705. The molecule has 4 nitrogen and oxygen atoms in total. The summed E-state index contributed by atoms with van der Waals surface area (Å²) in [6.45, 7) is 0. The molecule has 2 aromatic carbocycles. The fourth-order valence-corrected chi connectivity index (χ4v) is 2.48. The predicted molar refractivity (Wildman–Crippen MR) is 93.8 cm³/mol. The van der Waals surface area contributed by atoms with E-state index in [2.05, 4.69) is 20.6 Å². The molecule has 1 aliphatic carbocycles. The lowest BCUT2D eigenvalue weighted by Gasteiger charge is -2.12. The third kappa shape index (κ3) is 3.57. The lowest BCUT2D eigenvalue weighted by molar-refractivity contribution is 0.511. The van der Waals surface area contributed by atoms with E-state index in [1.165, 1.54) is 12.1 Å². The van der Waals surface area contributed by atoms with Gasteiger partial charge in [-0.1, -0.05) is 36.4 Å². The lowest BCUT2D eigenvalue weighted by Crippen LogP contribution is -2.08. The van der Waals surface area contributed by atoms with Crippen LogP contribution in [-0.4, -0.2) is 16.0 Å². The first-order chi connectivity index (χ1) is 12.2. The molecule has 0 bridgehead atoms. The Hall–Kier alpha value is -3.02. The van der Waals surface area contributed by atoms with Crippen LogP contribution < -0.4 is 10.6 Å². The van der Waals surface area contributed by atoms with Gasteiger partial charge in [-0.3, -0.25) is 0 Å². The van der Waals surface area contributed by atoms with Crippen LogP contribution in [0.3, 0.4) is 0 Å². The van der Waals surface area contributed by atoms with Gasteiger partial charge in [-0.25, -0.2) is 13.8 Å². The number of aromatic nitrogens is 2. The number of halogens is 2. The van der Waals surface area contributed by atoms with E-state index >= 15 is 0 Å². The third-order valence-corrected chi connectivity index (χ3v) is 3.92. The molecule has 3 aromatic rings. The van der Waals surface area contributed by atoms with Gasteiger partial charge in [0.2, 0.25) is 5.95 Å². The maximum atomic E-state index is 13.9. The van der Waals surface area contributed by atoms with Crippen LogP contribution in [0.4, 0.5) is 26.2 Å². The summed E-state index contributed by atoms with van der Waals surface area (Å²) in [6.07, 6.45) is 2.17. The molecule has 126 valence electrons. The van der Waals surface area contributed by atoms with E-state index in [0.29, 0.717) is 23.5 Å². The van der Waals surface area contributed by atoms with Gasteiger partial charge in [0.25, 0.3) is 0 Å². The number of hydrogen-bond acceptors (Lipinski definition) is 4. The summed E-state index contributed by atoms with van der Waals surface area (Å²) in [4.78, 5) is 8.92. The molecule has 1 saturated carbocycles. The Morgan fingerprint density at radius 3 is 2.48 bits per heavy atom. The van der Waals surface area contributed by atoms with Crippen LogP contribution in [0.1, 0.15) is 12.8 Å². The van der Waals surface area contributed by atoms with Crippen LogP contribution in [0, 0.1) is 11.6 Å². The predicted octanol–water partition coefficient (Wildman–Crippen LogP) is 4.74. The third-order valence-electron chi connectivity index (χ3n) is 3.92. The first kappa shape index (κ1) is 15.5. The van der Waals surface area contributed by atoms with Gasteiger partial charge in [-0.05, 0) is 25.0 Å². The van der Waals surface area contributed by atoms with Gasteiger partial charge in [-0.15, -0.1) is 0 Å². The Balaban J connectivity index is 1.71. The molecule has 0 aliphatic heterocycles. The zero-order valence-corrected chi connectivity index (χ0v) is 13.3. The van der Waals surface area contributed by atoms with Crippen LogP contribution in [0.5, 0.6) is 0 Å². The maximum absolute atomic E-state index is 13.9. The summed E-state index contributed by atoms with van der Waals surface area (Å²) < 4.78 is 27.4. The number of nitrogens with one attached hydrogen (secondary N) is 2. The minimum atomic E-state index is -0.931. The molecule has 0 saturated heterocycles. The SMILES string of the molecule is Fc1cccc(Nc2cc(-c3ccccc3)nc(NC3CC3)n2)c1F. The molecule has 2 N–H and O–H groups in total. The summed E-state index contributed by atoms with van der Waals surface area (Å²) in [5.41, 5.74) is 1.67. The molecule has 6 heteroatoms. The molecule has 25 heavy (non-hydrogen) atoms. The van der Waals surface area contributed by atoms with Gasteiger partial charge in [0, 0.05) is 17.7 Å². The Kier molecular flexibility index (Phi) is 4.01. The monoisotopic (exact) mass is 338 g/mol. The van der Waals surface area contributed by atoms with Crippen LogP contribution in [0.15, 0.2) is 54.6 Å². The zero-order valence-electron chi connectivity index (χ0n) is 13.3. The number of benzene rings is 2. The molecule has 0 unspecified atom stereocenters. The fourth-order valence-electron chi connectivity index (χ4n) is 2.48. The molecular weight excluding hydrogens is 322 g/mol. The van der Waals surface area contributed by atoms with Crippen molar-refractivity contribution in [3.8, 4) is 11.3 Å². The molecule has 0 spiro atoms. The van der Waals surface area contributed by atoms with Crippen molar-refractivity contribution in [3.63, 3.8) is 0 Å². The number of rotatable bonds is 5. The van der Waals surface area contributed by atoms with Gasteiger partial charge >= 0.3 is 0 Å². The van der Waals surface area contributed by atoms with Crippen molar-refractivity contribution >= 4 is 17.5 Å². The van der Waals surface area contributed by atoms with Gasteiger partial charge < -0.3 is 10.6 Å². The van der Waals surface area contributed by atoms with Crippen LogP contribution in [0.25, 0.3) is 11.3 Å². The second-order valence-corrected chi connectivity index (χ2v) is 5.97. The summed E-state index contributed by atoms with van der Waals surface area (Å²) in [5, 5.41) is 6.10. The molecule has 4 rings (SSSR count). The second kappa shape index (κ2) is 6.47. The van der Waals surface area contributed by atoms with E-state index in [0.717, 1.165) is 24.5 Å². The van der Waals surface area contributed by atoms with Crippen molar-refractivity contribution in [2.45, 2.75) is 18.9 Å². The van der Waals surface area contributed by atoms with E-state index in [1.807, 2.05) is 30.3 Å². The molecule has 0 radical (unpaired) electrons. The lowest BCUT2D eigenvalue weighted by atomic mass is 10.1. The van der Waals surface area contributed by atoms with Crippen LogP contribution >= 0.6 is 0 Å². The van der Waals surface area contributed by atoms with Gasteiger partial charge in [0.15, 0.2) is 11.6 Å². The highest BCUT2D eigenvalue weighted by molar-refractivity contribution is 5.67. The molecule has 1 fully saturated rings. The topological polar surface area (TPSA) is 49.8 Å². The molecular formula is C19H16F2N4. The summed E-state index contributed by atoms with van der Waals surface area (Å²) in [7, 11) is 0. The van der Waals surface area contributed by atoms with Crippen molar-refractivity contribution < 1.29 is 8.78 Å². The first-order valence-corrected chi connectivity index (χ1v) is 8.11. The fraction of sp³-hybridized carbons (Fsp3) is 0.158. The molecule has 0 atom stereocenters. The van der Waals surface area contributed by atoms with E-state index in [-0.39, 0.29) is 5.69 Å². The number of nitrogens with zero attached hydrogens (tertiary/aromatic N) is 2. The molecule has 0 amide bonds. The van der Waals surface area contributed by atoms with Crippen molar-refractivity contribution in [1.82, 2.24) is 9.97 Å². The van der Waals surface area contributed by atoms with E-state index in [4.69, 9.17) is 0 Å². The van der Waals surface area contributed by atoms with Gasteiger partial charge in [0.05, 0.1) is 11.4 Å². The highest BCUT2D eigenvalue weighted by atomic mass is 19.2. The smallest absolute Gasteiger partial charge is 0.225 e. The second-order valence-electron chi connectivity index (χ2n) is 5.97. The minimum Gasteiger partial charge on any atom is -0.351 e. The minimum absolute atomic E-state index is 0.0371. The normalized spacial score (nSPS) is 13.5. The molecule has 1 aliphatic rings. The Morgan fingerprint density at radius 2 is 1.72 bits per heavy atom. The van der Waals surface area contributed by atoms with E-state index in [1.54, 1.807) is 6.07 Å². The largest absolute Gasteiger partial charge is 0.351 e. The standard InChI is InChI=1S/C19H16F2N4/c20-14-7-4-8-15(18(14)21)23-17-11-16(12-5-2-1-3-6-12)24-19(25-17)22-13-9-10-13/h1-8,11,13H,9-10H2,(H2,22,23,24,25). The zero-order chi connectivity index (χ0) is 17.2. The number of anilines is 3. The van der Waals surface area contributed by atoms with E-state index < -0.39 is 11.6 Å². The van der Waals surface area contributed by atoms with E-state index in [9.17, 15) is 8.78 Å². The van der Waals surface area contributed by atoms with Crippen molar-refractivity contribution in [1.29, 1.82) is 0 Å². The summed E-state index contributed by atoms with van der Waals surface area (Å²) >= 11 is 0. The van der Waals surface area contributed by atoms with Crippen molar-refractivity contribution in [2.24, 2.45) is 0 Å². The Bertz CT molecular complexity index is 895. The highest BCUT2D eigenvalue weighted by Crippen LogP contribution is 2.28. The van der Waals surface area contributed by atoms with Crippen molar-refractivity contribution in [3.05, 3.63) is 66.2 Å². The summed E-state index contributed by atoms with van der Waals surface area (Å²) in [6, 6.07) is 15.7. The van der Waals surface area contributed by atoms with Crippen molar-refractivity contribution in [2.75, 3.05) is 10.6 Å². The van der Waals surface area contributed by atoms with Crippen LogP contribution in [-0.2, 0) is 0 Å². The van der Waals surface area contributed by atoms with Gasteiger partial charge in [-0.2, -0.15) is 4.98 Å². The Labute approximate surface area is 144 Å². The van der Waals surface area contributed by atoms with Gasteiger partial charge in [0.1, 0.15) is 5.82 Å². The first-order valence-electron chi connectivity index (χ1n) is 8.11. The average Bonchev–Trinajstić information content (AvgIpc) is 3.43. The maximum Gasteiger partial charge on any atom is 0.225 e. The highest BCUT2D eigenvalue weighted by Gasteiger charge is 2.22. The average molecular weight is 338 g/mol. The molecule has 1 aromatic heterocycles. The summed E-state index contributed by atoms with van der Waals surface area (Å²) in [5.74, 6) is -0.956. The Morgan fingerprint density at radius 1 is 0.920 bits per heavy atom.